The second kappa shape index (κ2) is 11.2. The molecule has 2 heterocycles. The van der Waals surface area contributed by atoms with E-state index in [0.29, 0.717) is 29.1 Å². The molecule has 0 unspecified atom stereocenters. The highest BCUT2D eigenvalue weighted by Gasteiger charge is 2.23. The largest absolute Gasteiger partial charge is 0.493 e. The van der Waals surface area contributed by atoms with Gasteiger partial charge in [-0.15, -0.1) is 0 Å². The zero-order valence-corrected chi connectivity index (χ0v) is 20.9. The molecule has 8 nitrogen and oxygen atoms in total. The number of hydrogen-bond acceptors (Lipinski definition) is 6. The number of benzene rings is 2. The Morgan fingerprint density at radius 1 is 0.973 bits per heavy atom. The van der Waals surface area contributed by atoms with Crippen molar-refractivity contribution in [3.8, 4) is 11.5 Å². The highest BCUT2D eigenvalue weighted by atomic mass is 16.5. The summed E-state index contributed by atoms with van der Waals surface area (Å²) < 4.78 is 11.8. The molecule has 2 aromatic carbocycles. The van der Waals surface area contributed by atoms with Crippen LogP contribution in [0.3, 0.4) is 0 Å². The summed E-state index contributed by atoms with van der Waals surface area (Å²) in [6.07, 6.45) is 9.36. The number of amides is 2. The molecule has 37 heavy (non-hydrogen) atoms. The molecule has 1 aliphatic carbocycles. The second-order valence-corrected chi connectivity index (χ2v) is 9.25. The molecule has 1 aromatic heterocycles. The molecule has 0 bridgehead atoms. The minimum Gasteiger partial charge on any atom is -0.493 e. The lowest BCUT2D eigenvalue weighted by molar-refractivity contribution is 0.0751. The number of anilines is 1. The van der Waals surface area contributed by atoms with Crippen LogP contribution in [0.25, 0.3) is 0 Å². The summed E-state index contributed by atoms with van der Waals surface area (Å²) in [6, 6.07) is 16.1. The molecule has 1 saturated carbocycles. The van der Waals surface area contributed by atoms with E-state index in [-0.39, 0.29) is 17.9 Å². The summed E-state index contributed by atoms with van der Waals surface area (Å²) in [5, 5.41) is 9.03. The smallest absolute Gasteiger partial charge is 0.274 e. The van der Waals surface area contributed by atoms with E-state index in [1.165, 1.54) is 24.0 Å². The van der Waals surface area contributed by atoms with Crippen molar-refractivity contribution in [2.24, 2.45) is 5.10 Å². The van der Waals surface area contributed by atoms with Crippen molar-refractivity contribution in [3.05, 3.63) is 83.7 Å². The summed E-state index contributed by atoms with van der Waals surface area (Å²) in [4.78, 5) is 29.8. The number of hydrogen-bond donors (Lipinski definition) is 1. The zero-order chi connectivity index (χ0) is 25.6. The lowest BCUT2D eigenvalue weighted by atomic mass is 10.0. The maximum atomic E-state index is 13.3. The Balaban J connectivity index is 1.33. The normalized spacial score (nSPS) is 15.7. The topological polar surface area (TPSA) is 93.1 Å². The number of aromatic nitrogens is 1. The first kappa shape index (κ1) is 24.5. The number of carbonyl (C=O) groups is 2. The maximum absolute atomic E-state index is 13.3. The number of rotatable bonds is 7. The summed E-state index contributed by atoms with van der Waals surface area (Å²) in [5.74, 6) is 0.914. The molecule has 2 amide bonds. The van der Waals surface area contributed by atoms with Gasteiger partial charge in [-0.05, 0) is 87.1 Å². The average molecular weight is 499 g/mol. The minimum absolute atomic E-state index is 0.210. The number of ether oxygens (including phenoxy) is 2. The number of nitrogens with zero attached hydrogens (tertiary/aromatic N) is 3. The maximum Gasteiger partial charge on any atom is 0.274 e. The van der Waals surface area contributed by atoms with Crippen molar-refractivity contribution in [2.75, 3.05) is 19.0 Å². The standard InChI is InChI=1S/C29H30N4O4/c1-36-26-14-13-20(18-27(26)37-24-10-2-3-11-24)25-12-6-16-33(32-25)29(35)21-7-4-9-23(17-21)31-28(34)22-8-5-15-30-19-22/h4-5,7-9,13-15,17-19,24H,2-3,6,10-12,16H2,1H3,(H,31,34). The fraction of sp³-hybridized carbons (Fsp3) is 0.310. The third kappa shape index (κ3) is 5.80. The van der Waals surface area contributed by atoms with E-state index < -0.39 is 0 Å². The van der Waals surface area contributed by atoms with Gasteiger partial charge in [-0.2, -0.15) is 5.10 Å². The fourth-order valence-corrected chi connectivity index (χ4v) is 4.70. The van der Waals surface area contributed by atoms with Gasteiger partial charge in [-0.25, -0.2) is 5.01 Å². The quantitative estimate of drug-likeness (QED) is 0.477. The Hall–Kier alpha value is -4.20. The third-order valence-corrected chi connectivity index (χ3v) is 6.64. The second-order valence-electron chi connectivity index (χ2n) is 9.25. The lowest BCUT2D eigenvalue weighted by Gasteiger charge is -2.24. The first-order valence-electron chi connectivity index (χ1n) is 12.7. The number of methoxy groups -OCH3 is 1. The van der Waals surface area contributed by atoms with Crippen molar-refractivity contribution in [3.63, 3.8) is 0 Å². The van der Waals surface area contributed by atoms with Gasteiger partial charge in [0.15, 0.2) is 11.5 Å². The molecule has 1 N–H and O–H groups in total. The van der Waals surface area contributed by atoms with Gasteiger partial charge in [-0.3, -0.25) is 14.6 Å². The molecule has 1 aliphatic heterocycles. The predicted octanol–water partition coefficient (Wildman–Crippen LogP) is 5.30. The Labute approximate surface area is 216 Å². The molecule has 0 saturated heterocycles. The fourth-order valence-electron chi connectivity index (χ4n) is 4.70. The Morgan fingerprint density at radius 2 is 1.81 bits per heavy atom. The Kier molecular flexibility index (Phi) is 7.44. The summed E-state index contributed by atoms with van der Waals surface area (Å²) in [7, 11) is 1.64. The third-order valence-electron chi connectivity index (χ3n) is 6.64. The van der Waals surface area contributed by atoms with Gasteiger partial charge >= 0.3 is 0 Å². The van der Waals surface area contributed by atoms with E-state index >= 15 is 0 Å². The van der Waals surface area contributed by atoms with Gasteiger partial charge in [0, 0.05) is 35.8 Å². The van der Waals surface area contributed by atoms with Gasteiger partial charge in [0.1, 0.15) is 0 Å². The molecular formula is C29H30N4O4. The Bertz CT molecular complexity index is 1300. The number of nitrogens with one attached hydrogen (secondary N) is 1. The molecule has 0 spiro atoms. The van der Waals surface area contributed by atoms with E-state index in [0.717, 1.165) is 42.7 Å². The van der Waals surface area contributed by atoms with Gasteiger partial charge in [-0.1, -0.05) is 6.07 Å². The van der Waals surface area contributed by atoms with Gasteiger partial charge in [0.25, 0.3) is 11.8 Å². The summed E-state index contributed by atoms with van der Waals surface area (Å²) in [6.45, 7) is 0.524. The summed E-state index contributed by atoms with van der Waals surface area (Å²) in [5.41, 5.74) is 3.18. The number of carbonyl (C=O) groups excluding carboxylic acids is 2. The lowest BCUT2D eigenvalue weighted by Crippen LogP contribution is -2.32. The van der Waals surface area contributed by atoms with Crippen LogP contribution in [0.5, 0.6) is 11.5 Å². The van der Waals surface area contributed by atoms with E-state index in [9.17, 15) is 9.59 Å². The molecule has 190 valence electrons. The molecule has 3 aromatic rings. The van der Waals surface area contributed by atoms with Gasteiger partial charge in [0.2, 0.25) is 0 Å². The number of hydrazone groups is 1. The first-order chi connectivity index (χ1) is 18.1. The van der Waals surface area contributed by atoms with Crippen molar-refractivity contribution < 1.29 is 19.1 Å². The zero-order valence-electron chi connectivity index (χ0n) is 20.9. The van der Waals surface area contributed by atoms with Crippen LogP contribution >= 0.6 is 0 Å². The number of pyridine rings is 1. The van der Waals surface area contributed by atoms with Crippen LogP contribution < -0.4 is 14.8 Å². The molecule has 0 radical (unpaired) electrons. The first-order valence-corrected chi connectivity index (χ1v) is 12.7. The Morgan fingerprint density at radius 3 is 2.59 bits per heavy atom. The van der Waals surface area contributed by atoms with E-state index in [4.69, 9.17) is 14.6 Å². The van der Waals surface area contributed by atoms with Crippen LogP contribution in [0.1, 0.15) is 64.8 Å². The van der Waals surface area contributed by atoms with E-state index in [1.807, 2.05) is 18.2 Å². The molecule has 2 aliphatic rings. The van der Waals surface area contributed by atoms with Crippen LogP contribution in [0.2, 0.25) is 0 Å². The van der Waals surface area contributed by atoms with Gasteiger partial charge in [0.05, 0.1) is 24.5 Å². The van der Waals surface area contributed by atoms with Crippen molar-refractivity contribution in [1.29, 1.82) is 0 Å². The highest BCUT2D eigenvalue weighted by molar-refractivity contribution is 6.05. The highest BCUT2D eigenvalue weighted by Crippen LogP contribution is 2.33. The predicted molar refractivity (Wildman–Crippen MR) is 141 cm³/mol. The van der Waals surface area contributed by atoms with Crippen LogP contribution in [0.4, 0.5) is 5.69 Å². The SMILES string of the molecule is COc1ccc(C2=NN(C(=O)c3cccc(NC(=O)c4cccnc4)c3)CCC2)cc1OC1CCCC1. The van der Waals surface area contributed by atoms with Crippen LogP contribution in [-0.4, -0.2) is 47.3 Å². The summed E-state index contributed by atoms with van der Waals surface area (Å²) >= 11 is 0. The molecule has 5 rings (SSSR count). The van der Waals surface area contributed by atoms with Gasteiger partial charge < -0.3 is 14.8 Å². The van der Waals surface area contributed by atoms with Crippen molar-refractivity contribution >= 4 is 23.2 Å². The van der Waals surface area contributed by atoms with E-state index in [2.05, 4.69) is 10.3 Å². The molecule has 1 fully saturated rings. The minimum atomic E-state index is -0.286. The molecule has 8 heteroatoms. The monoisotopic (exact) mass is 498 g/mol. The van der Waals surface area contributed by atoms with Crippen molar-refractivity contribution in [1.82, 2.24) is 9.99 Å². The van der Waals surface area contributed by atoms with Crippen molar-refractivity contribution in [2.45, 2.75) is 44.6 Å². The van der Waals surface area contributed by atoms with E-state index in [1.54, 1.807) is 49.7 Å². The molecular weight excluding hydrogens is 468 g/mol. The van der Waals surface area contributed by atoms with Crippen LogP contribution in [0, 0.1) is 0 Å². The average Bonchev–Trinajstić information content (AvgIpc) is 3.46. The molecule has 0 atom stereocenters. The van der Waals surface area contributed by atoms with Crippen LogP contribution in [0.15, 0.2) is 72.1 Å². The van der Waals surface area contributed by atoms with Crippen LogP contribution in [-0.2, 0) is 0 Å².